The highest BCUT2D eigenvalue weighted by molar-refractivity contribution is 9.10. The van der Waals surface area contributed by atoms with E-state index in [4.69, 9.17) is 0 Å². The van der Waals surface area contributed by atoms with Crippen molar-refractivity contribution in [2.45, 2.75) is 30.8 Å². The molecule has 2 aliphatic heterocycles. The number of fused-ring (bicyclic) bond motifs is 2. The van der Waals surface area contributed by atoms with Gasteiger partial charge in [-0.15, -0.1) is 0 Å². The number of halogens is 1. The van der Waals surface area contributed by atoms with Gasteiger partial charge in [-0.3, -0.25) is 14.7 Å². The molecule has 4 unspecified atom stereocenters. The number of Topliss-reactive ketones (excluding diaryl/α,β-unsaturated/α-hetero) is 1. The summed E-state index contributed by atoms with van der Waals surface area (Å²) in [6.45, 7) is 0. The maximum atomic E-state index is 12.2. The Labute approximate surface area is 120 Å². The van der Waals surface area contributed by atoms with Gasteiger partial charge in [-0.05, 0) is 53.4 Å². The molecule has 3 rings (SSSR count). The molecular weight excluding hydrogens is 306 g/mol. The van der Waals surface area contributed by atoms with Crippen molar-refractivity contribution in [1.82, 2.24) is 9.88 Å². The van der Waals surface area contributed by atoms with Gasteiger partial charge >= 0.3 is 0 Å². The summed E-state index contributed by atoms with van der Waals surface area (Å²) >= 11 is 3.43. The summed E-state index contributed by atoms with van der Waals surface area (Å²) in [4.78, 5) is 18.5. The molecule has 2 bridgehead atoms. The molecule has 2 fully saturated rings. The lowest BCUT2D eigenvalue weighted by Gasteiger charge is -2.35. The van der Waals surface area contributed by atoms with Crippen molar-refractivity contribution in [3.63, 3.8) is 0 Å². The number of pyridine rings is 1. The Morgan fingerprint density at radius 2 is 2.26 bits per heavy atom. The summed E-state index contributed by atoms with van der Waals surface area (Å²) in [6, 6.07) is 4.20. The van der Waals surface area contributed by atoms with Gasteiger partial charge in [-0.25, -0.2) is 0 Å². The molecule has 2 aliphatic rings. The zero-order chi connectivity index (χ0) is 13.6. The second-order valence-corrected chi connectivity index (χ2v) is 6.28. The zero-order valence-electron chi connectivity index (χ0n) is 10.6. The molecule has 0 aromatic carbocycles. The molecular formula is C14H14BrN3O. The van der Waals surface area contributed by atoms with E-state index >= 15 is 0 Å². The van der Waals surface area contributed by atoms with Gasteiger partial charge in [0.1, 0.15) is 5.92 Å². The van der Waals surface area contributed by atoms with E-state index in [-0.39, 0.29) is 17.9 Å². The Balaban J connectivity index is 1.91. The standard InChI is InChI=1S/C14H14BrN3O/c1-18-12-3-8(9-2-10(15)7-17-6-9)4-13(18)14(19)11(12)5-16/h2,6-8,11-13H,3-4H2,1H3. The predicted octanol–water partition coefficient (Wildman–Crippen LogP) is 2.11. The Morgan fingerprint density at radius 1 is 1.47 bits per heavy atom. The second kappa shape index (κ2) is 4.69. The molecule has 0 aliphatic carbocycles. The van der Waals surface area contributed by atoms with E-state index in [0.29, 0.717) is 5.92 Å². The molecule has 0 saturated carbocycles. The Bertz CT molecular complexity index is 568. The molecule has 0 N–H and O–H groups in total. The van der Waals surface area contributed by atoms with Crippen LogP contribution in [0.3, 0.4) is 0 Å². The van der Waals surface area contributed by atoms with E-state index in [2.05, 4.69) is 37.9 Å². The van der Waals surface area contributed by atoms with Crippen LogP contribution in [0.4, 0.5) is 0 Å². The first-order chi connectivity index (χ1) is 9.11. The predicted molar refractivity (Wildman–Crippen MR) is 73.4 cm³/mol. The largest absolute Gasteiger partial charge is 0.296 e. The summed E-state index contributed by atoms with van der Waals surface area (Å²) in [7, 11) is 1.96. The van der Waals surface area contributed by atoms with Gasteiger partial charge in [-0.2, -0.15) is 5.26 Å². The van der Waals surface area contributed by atoms with Crippen molar-refractivity contribution in [3.05, 3.63) is 28.5 Å². The number of nitriles is 1. The number of hydrogen-bond acceptors (Lipinski definition) is 4. The minimum absolute atomic E-state index is 0.0558. The average Bonchev–Trinajstić information content (AvgIpc) is 2.55. The zero-order valence-corrected chi connectivity index (χ0v) is 12.2. The lowest BCUT2D eigenvalue weighted by Crippen LogP contribution is -2.41. The van der Waals surface area contributed by atoms with E-state index in [0.717, 1.165) is 22.9 Å². The maximum Gasteiger partial charge on any atom is 0.168 e. The Morgan fingerprint density at radius 3 is 2.95 bits per heavy atom. The summed E-state index contributed by atoms with van der Waals surface area (Å²) in [5.41, 5.74) is 1.16. The molecule has 0 amide bonds. The van der Waals surface area contributed by atoms with Crippen molar-refractivity contribution in [3.8, 4) is 6.07 Å². The van der Waals surface area contributed by atoms with Crippen LogP contribution in [0.25, 0.3) is 0 Å². The van der Waals surface area contributed by atoms with Gasteiger partial charge in [0.2, 0.25) is 0 Å². The average molecular weight is 320 g/mol. The van der Waals surface area contributed by atoms with Crippen molar-refractivity contribution >= 4 is 21.7 Å². The van der Waals surface area contributed by atoms with E-state index in [1.807, 2.05) is 13.2 Å². The normalized spacial score (nSPS) is 34.3. The number of ketones is 1. The third-order valence-electron chi connectivity index (χ3n) is 4.40. The highest BCUT2D eigenvalue weighted by Crippen LogP contribution is 2.43. The Hall–Kier alpha value is -1.25. The number of aromatic nitrogens is 1. The molecule has 19 heavy (non-hydrogen) atoms. The van der Waals surface area contributed by atoms with Gasteiger partial charge in [0.15, 0.2) is 5.78 Å². The van der Waals surface area contributed by atoms with Crippen LogP contribution in [0.1, 0.15) is 24.3 Å². The molecule has 1 aromatic rings. The number of hydrogen-bond donors (Lipinski definition) is 0. The summed E-state index contributed by atoms with van der Waals surface area (Å²) in [6.07, 6.45) is 5.28. The third kappa shape index (κ3) is 1.99. The fraction of sp³-hybridized carbons (Fsp3) is 0.500. The fourth-order valence-corrected chi connectivity index (χ4v) is 3.76. The van der Waals surface area contributed by atoms with Crippen molar-refractivity contribution < 1.29 is 4.79 Å². The number of carbonyl (C=O) groups is 1. The number of nitrogens with zero attached hydrogens (tertiary/aromatic N) is 3. The van der Waals surface area contributed by atoms with E-state index in [9.17, 15) is 10.1 Å². The molecule has 0 radical (unpaired) electrons. The molecule has 0 spiro atoms. The molecule has 5 heteroatoms. The van der Waals surface area contributed by atoms with E-state index in [1.54, 1.807) is 6.20 Å². The van der Waals surface area contributed by atoms with E-state index < -0.39 is 5.92 Å². The highest BCUT2D eigenvalue weighted by atomic mass is 79.9. The monoisotopic (exact) mass is 319 g/mol. The molecule has 1 aromatic heterocycles. The van der Waals surface area contributed by atoms with Gasteiger partial charge in [0, 0.05) is 22.9 Å². The number of rotatable bonds is 1. The van der Waals surface area contributed by atoms with E-state index in [1.165, 1.54) is 0 Å². The third-order valence-corrected chi connectivity index (χ3v) is 4.84. The minimum Gasteiger partial charge on any atom is -0.296 e. The summed E-state index contributed by atoms with van der Waals surface area (Å²) in [5.74, 6) is -0.0425. The van der Waals surface area contributed by atoms with Crippen LogP contribution in [-0.2, 0) is 4.79 Å². The van der Waals surface area contributed by atoms with Gasteiger partial charge in [0.25, 0.3) is 0 Å². The lowest BCUT2D eigenvalue weighted by molar-refractivity contribution is -0.121. The lowest BCUT2D eigenvalue weighted by atomic mass is 9.85. The number of likely N-dealkylation sites (N-methyl/N-ethyl adjacent to an activating group) is 1. The van der Waals surface area contributed by atoms with Gasteiger partial charge in [-0.1, -0.05) is 0 Å². The SMILES string of the molecule is CN1C2CC(c3cncc(Br)c3)CC1C(C#N)C2=O. The molecule has 4 nitrogen and oxygen atoms in total. The number of carbonyl (C=O) groups excluding carboxylic acids is 1. The first-order valence-corrected chi connectivity index (χ1v) is 7.17. The summed E-state index contributed by atoms with van der Waals surface area (Å²) in [5, 5.41) is 9.18. The molecule has 2 saturated heterocycles. The number of piperidine rings is 1. The molecule has 3 heterocycles. The van der Waals surface area contributed by atoms with Crippen LogP contribution in [0, 0.1) is 17.2 Å². The fourth-order valence-electron chi connectivity index (χ4n) is 3.38. The Kier molecular flexibility index (Phi) is 3.15. The van der Waals surface area contributed by atoms with Crippen LogP contribution in [0.2, 0.25) is 0 Å². The van der Waals surface area contributed by atoms with Crippen LogP contribution < -0.4 is 0 Å². The van der Waals surface area contributed by atoms with Crippen molar-refractivity contribution in [1.29, 1.82) is 5.26 Å². The quantitative estimate of drug-likeness (QED) is 0.795. The minimum atomic E-state index is -0.458. The van der Waals surface area contributed by atoms with Crippen molar-refractivity contribution in [2.24, 2.45) is 5.92 Å². The highest BCUT2D eigenvalue weighted by Gasteiger charge is 2.51. The maximum absolute atomic E-state index is 12.2. The first-order valence-electron chi connectivity index (χ1n) is 6.37. The van der Waals surface area contributed by atoms with Crippen LogP contribution in [0.5, 0.6) is 0 Å². The van der Waals surface area contributed by atoms with Crippen molar-refractivity contribution in [2.75, 3.05) is 7.05 Å². The van der Waals surface area contributed by atoms with Crippen LogP contribution >= 0.6 is 15.9 Å². The topological polar surface area (TPSA) is 57.0 Å². The summed E-state index contributed by atoms with van der Waals surface area (Å²) < 4.78 is 0.958. The molecule has 4 atom stereocenters. The van der Waals surface area contributed by atoms with Gasteiger partial charge in [0.05, 0.1) is 12.1 Å². The van der Waals surface area contributed by atoms with Crippen LogP contribution in [0.15, 0.2) is 22.9 Å². The first kappa shape index (κ1) is 12.8. The smallest absolute Gasteiger partial charge is 0.168 e. The molecule has 98 valence electrons. The van der Waals surface area contributed by atoms with Crippen LogP contribution in [-0.4, -0.2) is 34.8 Å². The van der Waals surface area contributed by atoms with Gasteiger partial charge < -0.3 is 0 Å². The second-order valence-electron chi connectivity index (χ2n) is 5.36.